The number of aromatic nitrogens is 1. The molecule has 1 saturated heterocycles. The third kappa shape index (κ3) is 4.22. The molecule has 0 unspecified atom stereocenters. The summed E-state index contributed by atoms with van der Waals surface area (Å²) in [6.45, 7) is 4.69. The maximum absolute atomic E-state index is 13.0. The van der Waals surface area contributed by atoms with E-state index < -0.39 is 0 Å². The number of methoxy groups -OCH3 is 1. The van der Waals surface area contributed by atoms with Crippen LogP contribution >= 0.6 is 0 Å². The first kappa shape index (κ1) is 19.3. The zero-order valence-electron chi connectivity index (χ0n) is 17.0. The lowest BCUT2D eigenvalue weighted by molar-refractivity contribution is 0.0622. The number of hydrogen-bond acceptors (Lipinski definition) is 4. The number of nitrogens with zero attached hydrogens (tertiary/aromatic N) is 3. The molecule has 6 heteroatoms. The quantitative estimate of drug-likeness (QED) is 0.646. The number of piperazine rings is 1. The fourth-order valence-electron chi connectivity index (χ4n) is 3.82. The van der Waals surface area contributed by atoms with E-state index in [-0.39, 0.29) is 5.91 Å². The minimum atomic E-state index is 0.121. The maximum Gasteiger partial charge on any atom is 0.256 e. The Balaban J connectivity index is 1.28. The number of fused-ring (bicyclic) bond motifs is 1. The average molecular weight is 393 g/mol. The number of ether oxygens (including phenoxy) is 2. The zero-order valence-corrected chi connectivity index (χ0v) is 17.0. The van der Waals surface area contributed by atoms with Gasteiger partial charge >= 0.3 is 0 Å². The second-order valence-corrected chi connectivity index (χ2v) is 7.33. The number of carbonyl (C=O) groups excluding carboxylic acids is 1. The van der Waals surface area contributed by atoms with E-state index in [2.05, 4.69) is 4.90 Å². The van der Waals surface area contributed by atoms with Gasteiger partial charge in [0.05, 0.1) is 12.7 Å². The van der Waals surface area contributed by atoms with Gasteiger partial charge in [-0.05, 0) is 30.3 Å². The maximum atomic E-state index is 13.0. The summed E-state index contributed by atoms with van der Waals surface area (Å²) in [5.41, 5.74) is 1.88. The van der Waals surface area contributed by atoms with Gasteiger partial charge in [0, 0.05) is 56.9 Å². The molecule has 3 aromatic rings. The average Bonchev–Trinajstić information content (AvgIpc) is 3.11. The van der Waals surface area contributed by atoms with Crippen LogP contribution in [0.4, 0.5) is 0 Å². The third-order valence-corrected chi connectivity index (χ3v) is 5.52. The summed E-state index contributed by atoms with van der Waals surface area (Å²) in [6.07, 6.45) is 1.95. The molecule has 1 aliphatic rings. The molecule has 0 N–H and O–H groups in total. The first-order valence-corrected chi connectivity index (χ1v) is 9.98. The van der Waals surface area contributed by atoms with E-state index in [1.165, 1.54) is 0 Å². The van der Waals surface area contributed by atoms with Crippen molar-refractivity contribution in [3.8, 4) is 11.5 Å². The normalized spacial score (nSPS) is 14.9. The summed E-state index contributed by atoms with van der Waals surface area (Å²) in [6, 6.07) is 15.7. The van der Waals surface area contributed by atoms with E-state index in [0.717, 1.165) is 60.7 Å². The standard InChI is InChI=1S/C23H27N3O3/c1-24-17-21(20-5-3-4-6-22(20)24)23(27)26-13-11-25(12-14-26)15-16-29-19-9-7-18(28-2)8-10-19/h3-10,17H,11-16H2,1-2H3. The van der Waals surface area contributed by atoms with Gasteiger partial charge in [0.1, 0.15) is 18.1 Å². The molecule has 1 amide bonds. The van der Waals surface area contributed by atoms with Crippen LogP contribution in [-0.4, -0.2) is 66.7 Å². The van der Waals surface area contributed by atoms with Crippen molar-refractivity contribution in [2.45, 2.75) is 0 Å². The SMILES string of the molecule is COc1ccc(OCCN2CCN(C(=O)c3cn(C)c4ccccc34)CC2)cc1. The Morgan fingerprint density at radius 2 is 1.66 bits per heavy atom. The predicted octanol–water partition coefficient (Wildman–Crippen LogP) is 3.02. The lowest BCUT2D eigenvalue weighted by Crippen LogP contribution is -2.49. The number of amides is 1. The van der Waals surface area contributed by atoms with E-state index in [4.69, 9.17) is 9.47 Å². The Labute approximate surface area is 171 Å². The Morgan fingerprint density at radius 1 is 0.966 bits per heavy atom. The van der Waals surface area contributed by atoms with Crippen molar-refractivity contribution in [1.82, 2.24) is 14.4 Å². The lowest BCUT2D eigenvalue weighted by atomic mass is 10.1. The van der Waals surface area contributed by atoms with Crippen molar-refractivity contribution in [2.24, 2.45) is 7.05 Å². The van der Waals surface area contributed by atoms with Gasteiger partial charge < -0.3 is 18.9 Å². The highest BCUT2D eigenvalue weighted by atomic mass is 16.5. The van der Waals surface area contributed by atoms with Gasteiger partial charge in [-0.1, -0.05) is 18.2 Å². The summed E-state index contributed by atoms with van der Waals surface area (Å²) >= 11 is 0. The number of carbonyl (C=O) groups is 1. The summed E-state index contributed by atoms with van der Waals surface area (Å²) in [4.78, 5) is 17.3. The number of aryl methyl sites for hydroxylation is 1. The highest BCUT2D eigenvalue weighted by Crippen LogP contribution is 2.22. The largest absolute Gasteiger partial charge is 0.497 e. The molecule has 1 fully saturated rings. The molecule has 29 heavy (non-hydrogen) atoms. The highest BCUT2D eigenvalue weighted by Gasteiger charge is 2.24. The Bertz CT molecular complexity index is 973. The lowest BCUT2D eigenvalue weighted by Gasteiger charge is -2.34. The van der Waals surface area contributed by atoms with E-state index in [9.17, 15) is 4.79 Å². The van der Waals surface area contributed by atoms with E-state index in [0.29, 0.717) is 6.61 Å². The molecule has 0 saturated carbocycles. The molecular formula is C23H27N3O3. The van der Waals surface area contributed by atoms with Crippen LogP contribution in [0, 0.1) is 0 Å². The Hall–Kier alpha value is -2.99. The first-order valence-electron chi connectivity index (χ1n) is 9.98. The smallest absolute Gasteiger partial charge is 0.256 e. The second kappa shape index (κ2) is 8.57. The molecule has 0 bridgehead atoms. The predicted molar refractivity (Wildman–Crippen MR) is 114 cm³/mol. The summed E-state index contributed by atoms with van der Waals surface area (Å²) in [7, 11) is 3.64. The molecule has 0 atom stereocenters. The van der Waals surface area contributed by atoms with Crippen molar-refractivity contribution < 1.29 is 14.3 Å². The van der Waals surface area contributed by atoms with Crippen LogP contribution < -0.4 is 9.47 Å². The van der Waals surface area contributed by atoms with Gasteiger partial charge in [0.15, 0.2) is 0 Å². The molecule has 2 heterocycles. The van der Waals surface area contributed by atoms with Crippen LogP contribution in [0.5, 0.6) is 11.5 Å². The van der Waals surface area contributed by atoms with Gasteiger partial charge in [-0.2, -0.15) is 0 Å². The Morgan fingerprint density at radius 3 is 2.38 bits per heavy atom. The molecule has 1 aromatic heterocycles. The molecule has 0 spiro atoms. The van der Waals surface area contributed by atoms with Gasteiger partial charge in [-0.15, -0.1) is 0 Å². The fourth-order valence-corrected chi connectivity index (χ4v) is 3.82. The number of benzene rings is 2. The number of hydrogen-bond donors (Lipinski definition) is 0. The molecule has 1 aliphatic heterocycles. The summed E-state index contributed by atoms with van der Waals surface area (Å²) < 4.78 is 13.0. The minimum Gasteiger partial charge on any atom is -0.497 e. The van der Waals surface area contributed by atoms with Crippen LogP contribution in [0.15, 0.2) is 54.7 Å². The Kier molecular flexibility index (Phi) is 5.71. The van der Waals surface area contributed by atoms with E-state index >= 15 is 0 Å². The third-order valence-electron chi connectivity index (χ3n) is 5.52. The van der Waals surface area contributed by atoms with Crippen molar-refractivity contribution in [2.75, 3.05) is 46.4 Å². The van der Waals surface area contributed by atoms with Crippen molar-refractivity contribution in [1.29, 1.82) is 0 Å². The molecule has 2 aromatic carbocycles. The van der Waals surface area contributed by atoms with Crippen molar-refractivity contribution >= 4 is 16.8 Å². The molecule has 0 aliphatic carbocycles. The molecular weight excluding hydrogens is 366 g/mol. The molecule has 4 rings (SSSR count). The van der Waals surface area contributed by atoms with Gasteiger partial charge in [0.25, 0.3) is 5.91 Å². The molecule has 152 valence electrons. The minimum absolute atomic E-state index is 0.121. The van der Waals surface area contributed by atoms with Gasteiger partial charge in [-0.3, -0.25) is 9.69 Å². The van der Waals surface area contributed by atoms with Gasteiger partial charge in [0.2, 0.25) is 0 Å². The molecule has 6 nitrogen and oxygen atoms in total. The fraction of sp³-hybridized carbons (Fsp3) is 0.348. The van der Waals surface area contributed by atoms with Crippen LogP contribution in [0.1, 0.15) is 10.4 Å². The van der Waals surface area contributed by atoms with E-state index in [1.807, 2.05) is 71.2 Å². The summed E-state index contributed by atoms with van der Waals surface area (Å²) in [5.74, 6) is 1.79. The summed E-state index contributed by atoms with van der Waals surface area (Å²) in [5, 5.41) is 1.02. The van der Waals surface area contributed by atoms with E-state index in [1.54, 1.807) is 7.11 Å². The van der Waals surface area contributed by atoms with Crippen molar-refractivity contribution in [3.63, 3.8) is 0 Å². The van der Waals surface area contributed by atoms with Crippen molar-refractivity contribution in [3.05, 3.63) is 60.3 Å². The topological polar surface area (TPSA) is 46.9 Å². The van der Waals surface area contributed by atoms with Crippen LogP contribution in [0.3, 0.4) is 0 Å². The van der Waals surface area contributed by atoms with Crippen LogP contribution in [-0.2, 0) is 7.05 Å². The number of rotatable bonds is 6. The van der Waals surface area contributed by atoms with Crippen LogP contribution in [0.25, 0.3) is 10.9 Å². The monoisotopic (exact) mass is 393 g/mol. The molecule has 0 radical (unpaired) electrons. The van der Waals surface area contributed by atoms with Crippen LogP contribution in [0.2, 0.25) is 0 Å². The zero-order chi connectivity index (χ0) is 20.2. The van der Waals surface area contributed by atoms with Gasteiger partial charge in [-0.25, -0.2) is 0 Å². The highest BCUT2D eigenvalue weighted by molar-refractivity contribution is 6.07. The first-order chi connectivity index (χ1) is 14.2. The number of para-hydroxylation sites is 1. The second-order valence-electron chi connectivity index (χ2n) is 7.33.